The quantitative estimate of drug-likeness (QED) is 0.557. The third-order valence-electron chi connectivity index (χ3n) is 5.82. The van der Waals surface area contributed by atoms with E-state index >= 15 is 0 Å². The first-order valence-electron chi connectivity index (χ1n) is 9.01. The van der Waals surface area contributed by atoms with Crippen LogP contribution in [0.4, 0.5) is 10.5 Å². The average Bonchev–Trinajstić information content (AvgIpc) is 3.02. The highest BCUT2D eigenvalue weighted by Crippen LogP contribution is 2.60. The van der Waals surface area contributed by atoms with Gasteiger partial charge in [-0.15, -0.1) is 0 Å². The summed E-state index contributed by atoms with van der Waals surface area (Å²) >= 11 is 6.23. The minimum atomic E-state index is -0.945. The number of aromatic amines is 1. The Morgan fingerprint density at radius 3 is 2.70 bits per heavy atom. The Bertz CT molecular complexity index is 1010. The fraction of sp³-hybridized carbons (Fsp3) is 0.300. The van der Waals surface area contributed by atoms with E-state index in [-0.39, 0.29) is 23.9 Å². The number of hydrogen-bond donors (Lipinski definition) is 4. The number of amides is 2. The first-order valence-corrected chi connectivity index (χ1v) is 9.39. The van der Waals surface area contributed by atoms with Crippen LogP contribution in [-0.2, 0) is 5.60 Å². The number of carbonyl (C=O) groups is 1. The lowest BCUT2D eigenvalue weighted by Crippen LogP contribution is -2.36. The number of nitrogens with zero attached hydrogens (tertiary/aromatic N) is 1. The van der Waals surface area contributed by atoms with Gasteiger partial charge in [0.25, 0.3) is 0 Å². The van der Waals surface area contributed by atoms with Crippen LogP contribution in [0.2, 0.25) is 5.02 Å². The molecule has 0 bridgehead atoms. The molecule has 0 spiro atoms. The Kier molecular flexibility index (Phi) is 3.67. The molecule has 2 fully saturated rings. The van der Waals surface area contributed by atoms with Gasteiger partial charge in [0.1, 0.15) is 0 Å². The Balaban J connectivity index is 1.27. The second kappa shape index (κ2) is 5.97. The molecule has 2 amide bonds. The third-order valence-corrected chi connectivity index (χ3v) is 6.04. The molecule has 2 saturated carbocycles. The summed E-state index contributed by atoms with van der Waals surface area (Å²) in [5, 5.41) is 25.6. The molecule has 2 aromatic carbocycles. The normalized spacial score (nSPS) is 28.7. The van der Waals surface area contributed by atoms with Crippen molar-refractivity contribution in [3.05, 3.63) is 59.2 Å². The van der Waals surface area contributed by atoms with Crippen molar-refractivity contribution >= 4 is 34.2 Å². The molecule has 0 saturated heterocycles. The molecule has 0 aliphatic heterocycles. The van der Waals surface area contributed by atoms with Crippen LogP contribution < -0.4 is 10.6 Å². The van der Waals surface area contributed by atoms with E-state index in [2.05, 4.69) is 20.8 Å². The van der Waals surface area contributed by atoms with Gasteiger partial charge in [-0.2, -0.15) is 5.10 Å². The van der Waals surface area contributed by atoms with E-state index in [4.69, 9.17) is 11.6 Å². The van der Waals surface area contributed by atoms with E-state index in [0.29, 0.717) is 17.9 Å². The molecule has 4 atom stereocenters. The zero-order valence-corrected chi connectivity index (χ0v) is 15.2. The fourth-order valence-electron chi connectivity index (χ4n) is 4.53. The molecule has 5 rings (SSSR count). The van der Waals surface area contributed by atoms with Crippen molar-refractivity contribution in [2.24, 2.45) is 11.8 Å². The van der Waals surface area contributed by atoms with Gasteiger partial charge in [-0.1, -0.05) is 29.8 Å². The minimum Gasteiger partial charge on any atom is -0.385 e. The van der Waals surface area contributed by atoms with Crippen LogP contribution in [0.1, 0.15) is 18.4 Å². The molecule has 1 aromatic heterocycles. The summed E-state index contributed by atoms with van der Waals surface area (Å²) in [5.74, 6) is 0.543. The molecule has 2 aliphatic carbocycles. The first-order chi connectivity index (χ1) is 13.0. The van der Waals surface area contributed by atoms with E-state index in [9.17, 15) is 9.90 Å². The zero-order valence-electron chi connectivity index (χ0n) is 14.4. The Hall–Kier alpha value is -2.57. The van der Waals surface area contributed by atoms with Gasteiger partial charge in [-0.05, 0) is 48.9 Å². The number of H-pyrrole nitrogens is 1. The molecule has 0 radical (unpaired) electrons. The van der Waals surface area contributed by atoms with E-state index < -0.39 is 5.60 Å². The van der Waals surface area contributed by atoms with Crippen molar-refractivity contribution in [2.75, 3.05) is 5.32 Å². The van der Waals surface area contributed by atoms with E-state index in [1.807, 2.05) is 42.5 Å². The second-order valence-electron chi connectivity index (χ2n) is 7.55. The molecule has 6 nitrogen and oxygen atoms in total. The number of aromatic nitrogens is 2. The topological polar surface area (TPSA) is 90.0 Å². The third kappa shape index (κ3) is 2.85. The molecule has 3 aromatic rings. The van der Waals surface area contributed by atoms with Gasteiger partial charge in [-0.3, -0.25) is 5.10 Å². The number of anilines is 1. The summed E-state index contributed by atoms with van der Waals surface area (Å²) in [4.78, 5) is 12.2. The second-order valence-corrected chi connectivity index (χ2v) is 7.98. The van der Waals surface area contributed by atoms with Gasteiger partial charge >= 0.3 is 6.03 Å². The number of fused-ring (bicyclic) bond motifs is 2. The summed E-state index contributed by atoms with van der Waals surface area (Å²) in [6.45, 7) is 0. The summed E-state index contributed by atoms with van der Waals surface area (Å²) in [6.07, 6.45) is 2.91. The van der Waals surface area contributed by atoms with Crippen LogP contribution >= 0.6 is 11.6 Å². The van der Waals surface area contributed by atoms with Gasteiger partial charge in [0, 0.05) is 27.7 Å². The van der Waals surface area contributed by atoms with Crippen LogP contribution in [-0.4, -0.2) is 27.4 Å². The molecule has 7 heteroatoms. The van der Waals surface area contributed by atoms with Gasteiger partial charge in [-0.25, -0.2) is 4.79 Å². The monoisotopic (exact) mass is 382 g/mol. The predicted octanol–water partition coefficient (Wildman–Crippen LogP) is 3.63. The van der Waals surface area contributed by atoms with Crippen molar-refractivity contribution in [1.82, 2.24) is 15.5 Å². The maximum absolute atomic E-state index is 12.2. The molecule has 138 valence electrons. The molecule has 0 unspecified atom stereocenters. The highest BCUT2D eigenvalue weighted by Gasteiger charge is 2.62. The van der Waals surface area contributed by atoms with Crippen LogP contribution in [0.25, 0.3) is 10.9 Å². The zero-order chi connectivity index (χ0) is 18.6. The molecular formula is C20H19ClN4O2. The molecule has 4 N–H and O–H groups in total. The van der Waals surface area contributed by atoms with Gasteiger partial charge in [0.15, 0.2) is 0 Å². The maximum Gasteiger partial charge on any atom is 0.319 e. The summed E-state index contributed by atoms with van der Waals surface area (Å²) in [7, 11) is 0. The number of rotatable bonds is 3. The number of urea groups is 1. The molecular weight excluding hydrogens is 364 g/mol. The lowest BCUT2D eigenvalue weighted by Gasteiger charge is -2.27. The number of benzene rings is 2. The van der Waals surface area contributed by atoms with Crippen LogP contribution in [0, 0.1) is 11.8 Å². The summed E-state index contributed by atoms with van der Waals surface area (Å²) in [6, 6.07) is 12.9. The number of para-hydroxylation sites is 1. The van der Waals surface area contributed by atoms with E-state index in [1.165, 1.54) is 0 Å². The van der Waals surface area contributed by atoms with Gasteiger partial charge < -0.3 is 15.7 Å². The van der Waals surface area contributed by atoms with Crippen molar-refractivity contribution in [3.63, 3.8) is 0 Å². The van der Waals surface area contributed by atoms with E-state index in [0.717, 1.165) is 22.2 Å². The van der Waals surface area contributed by atoms with Crippen molar-refractivity contribution in [2.45, 2.75) is 24.5 Å². The summed E-state index contributed by atoms with van der Waals surface area (Å²) < 4.78 is 0. The summed E-state index contributed by atoms with van der Waals surface area (Å²) in [5.41, 5.74) is 1.44. The predicted molar refractivity (Wildman–Crippen MR) is 104 cm³/mol. The van der Waals surface area contributed by atoms with E-state index in [1.54, 1.807) is 6.20 Å². The average molecular weight is 383 g/mol. The Morgan fingerprint density at radius 1 is 1.22 bits per heavy atom. The van der Waals surface area contributed by atoms with Crippen LogP contribution in [0.5, 0.6) is 0 Å². The lowest BCUT2D eigenvalue weighted by atomic mass is 9.87. The minimum absolute atomic E-state index is 0.102. The van der Waals surface area contributed by atoms with Crippen LogP contribution in [0.3, 0.4) is 0 Å². The molecule has 27 heavy (non-hydrogen) atoms. The Labute approximate surface area is 160 Å². The molecule has 2 aliphatic rings. The maximum atomic E-state index is 12.2. The SMILES string of the molecule is O=C(Nc1ccccc1)N[C@H]1[C@@H]2C[C@@](O)(c3cc(Cl)cc4cn[nH]c34)C[C@@H]21. The Morgan fingerprint density at radius 2 is 1.96 bits per heavy atom. The number of halogens is 1. The van der Waals surface area contributed by atoms with Crippen molar-refractivity contribution in [1.29, 1.82) is 0 Å². The fourth-order valence-corrected chi connectivity index (χ4v) is 4.75. The van der Waals surface area contributed by atoms with Gasteiger partial charge in [0.2, 0.25) is 0 Å². The number of aliphatic hydroxyl groups is 1. The van der Waals surface area contributed by atoms with Gasteiger partial charge in [0.05, 0.1) is 17.3 Å². The first kappa shape index (κ1) is 16.6. The highest BCUT2D eigenvalue weighted by molar-refractivity contribution is 6.31. The standard InChI is InChI=1S/C20H19ClN4O2/c21-12-6-11-10-22-25-17(11)16(7-12)20(27)8-14-15(9-20)18(14)24-19(26)23-13-4-2-1-3-5-13/h1-7,10,14-15,18,27H,8-9H2,(H,22,25)(H2,23,24,26)/t14-,15+,18+,20+. The number of carbonyl (C=O) groups excluding carboxylic acids is 1. The van der Waals surface area contributed by atoms with Crippen molar-refractivity contribution in [3.8, 4) is 0 Å². The number of nitrogens with one attached hydrogen (secondary N) is 3. The lowest BCUT2D eigenvalue weighted by molar-refractivity contribution is 0.0298. The smallest absolute Gasteiger partial charge is 0.319 e. The van der Waals surface area contributed by atoms with Crippen LogP contribution in [0.15, 0.2) is 48.7 Å². The largest absolute Gasteiger partial charge is 0.385 e. The number of hydrogen-bond acceptors (Lipinski definition) is 3. The van der Waals surface area contributed by atoms with Crippen molar-refractivity contribution < 1.29 is 9.90 Å². The highest BCUT2D eigenvalue weighted by atomic mass is 35.5. The molecule has 1 heterocycles.